The molecule has 5 heteroatoms. The number of rotatable bonds is 2. The molecule has 20 heavy (non-hydrogen) atoms. The normalized spacial score (nSPS) is 11.2. The zero-order chi connectivity index (χ0) is 14.3. The second-order valence-corrected chi connectivity index (χ2v) is 5.15. The van der Waals surface area contributed by atoms with E-state index >= 15 is 0 Å². The first kappa shape index (κ1) is 13.2. The highest BCUT2D eigenvalue weighted by atomic mass is 79.9. The Morgan fingerprint density at radius 3 is 2.55 bits per heavy atom. The standard InChI is InChI=1S/C15H11BrF2N2/c1-20-8-12-10(3-2-4-15(12)19-20)9-5-13(17)11(7-16)14(18)6-9/h2-6,8H,7H2,1H3. The molecule has 0 aliphatic carbocycles. The minimum absolute atomic E-state index is 0.0483. The lowest BCUT2D eigenvalue weighted by Crippen LogP contribution is -1.93. The molecule has 0 spiro atoms. The molecule has 0 atom stereocenters. The fourth-order valence-corrected chi connectivity index (χ4v) is 2.84. The Balaban J connectivity index is 2.25. The SMILES string of the molecule is Cn1cc2c(-c3cc(F)c(CBr)c(F)c3)cccc2n1. The van der Waals surface area contributed by atoms with Crippen molar-refractivity contribution in [2.75, 3.05) is 0 Å². The number of aryl methyl sites for hydroxylation is 1. The van der Waals surface area contributed by atoms with Gasteiger partial charge in [0.05, 0.1) is 5.52 Å². The maximum absolute atomic E-state index is 13.9. The molecule has 3 aromatic rings. The second kappa shape index (κ2) is 4.98. The summed E-state index contributed by atoms with van der Waals surface area (Å²) in [6.45, 7) is 0. The molecule has 1 aromatic heterocycles. The Labute approximate surface area is 123 Å². The highest BCUT2D eigenvalue weighted by Crippen LogP contribution is 2.30. The van der Waals surface area contributed by atoms with E-state index in [9.17, 15) is 8.78 Å². The number of halogens is 3. The van der Waals surface area contributed by atoms with Crippen LogP contribution in [0.15, 0.2) is 36.5 Å². The van der Waals surface area contributed by atoms with Crippen molar-refractivity contribution in [1.29, 1.82) is 0 Å². The fraction of sp³-hybridized carbons (Fsp3) is 0.133. The zero-order valence-electron chi connectivity index (χ0n) is 10.7. The molecule has 0 N–H and O–H groups in total. The van der Waals surface area contributed by atoms with Crippen LogP contribution in [0.2, 0.25) is 0 Å². The second-order valence-electron chi connectivity index (χ2n) is 4.59. The van der Waals surface area contributed by atoms with E-state index in [1.807, 2.05) is 31.4 Å². The van der Waals surface area contributed by atoms with Crippen LogP contribution < -0.4 is 0 Å². The van der Waals surface area contributed by atoms with E-state index in [1.165, 1.54) is 12.1 Å². The van der Waals surface area contributed by atoms with Crippen LogP contribution in [0.5, 0.6) is 0 Å². The first-order valence-corrected chi connectivity index (χ1v) is 7.19. The Bertz CT molecular complexity index is 773. The number of hydrogen-bond donors (Lipinski definition) is 0. The molecule has 0 unspecified atom stereocenters. The van der Waals surface area contributed by atoms with Gasteiger partial charge in [-0.05, 0) is 29.3 Å². The average molecular weight is 337 g/mol. The van der Waals surface area contributed by atoms with Gasteiger partial charge in [0.2, 0.25) is 0 Å². The third-order valence-electron chi connectivity index (χ3n) is 3.25. The van der Waals surface area contributed by atoms with Gasteiger partial charge in [-0.25, -0.2) is 8.78 Å². The number of alkyl halides is 1. The molecule has 102 valence electrons. The van der Waals surface area contributed by atoms with E-state index in [0.717, 1.165) is 16.5 Å². The van der Waals surface area contributed by atoms with Crippen LogP contribution in [0.3, 0.4) is 0 Å². The molecule has 0 amide bonds. The average Bonchev–Trinajstić information content (AvgIpc) is 2.78. The zero-order valence-corrected chi connectivity index (χ0v) is 12.3. The van der Waals surface area contributed by atoms with E-state index in [2.05, 4.69) is 21.0 Å². The van der Waals surface area contributed by atoms with Gasteiger partial charge in [-0.1, -0.05) is 28.1 Å². The van der Waals surface area contributed by atoms with Gasteiger partial charge in [0.25, 0.3) is 0 Å². The first-order chi connectivity index (χ1) is 9.60. The van der Waals surface area contributed by atoms with Crippen molar-refractivity contribution in [2.45, 2.75) is 5.33 Å². The summed E-state index contributed by atoms with van der Waals surface area (Å²) in [7, 11) is 1.82. The third kappa shape index (κ3) is 2.12. The van der Waals surface area contributed by atoms with Crippen molar-refractivity contribution >= 4 is 26.8 Å². The summed E-state index contributed by atoms with van der Waals surface area (Å²) in [6, 6.07) is 8.27. The van der Waals surface area contributed by atoms with E-state index < -0.39 is 11.6 Å². The van der Waals surface area contributed by atoms with Crippen LogP contribution in [-0.2, 0) is 12.4 Å². The van der Waals surface area contributed by atoms with Crippen molar-refractivity contribution in [2.24, 2.45) is 7.05 Å². The number of fused-ring (bicyclic) bond motifs is 1. The molecule has 2 nitrogen and oxygen atoms in total. The number of benzene rings is 2. The molecular weight excluding hydrogens is 326 g/mol. The van der Waals surface area contributed by atoms with E-state index in [0.29, 0.717) is 5.56 Å². The van der Waals surface area contributed by atoms with E-state index in [-0.39, 0.29) is 10.9 Å². The van der Waals surface area contributed by atoms with Crippen LogP contribution in [0.25, 0.3) is 22.0 Å². The monoisotopic (exact) mass is 336 g/mol. The Kier molecular flexibility index (Phi) is 3.30. The minimum Gasteiger partial charge on any atom is -0.275 e. The van der Waals surface area contributed by atoms with Crippen LogP contribution in [0.1, 0.15) is 5.56 Å². The summed E-state index contributed by atoms with van der Waals surface area (Å²) in [5.74, 6) is -1.09. The Morgan fingerprint density at radius 2 is 1.90 bits per heavy atom. The molecule has 0 bridgehead atoms. The molecule has 2 aromatic carbocycles. The first-order valence-electron chi connectivity index (χ1n) is 6.07. The van der Waals surface area contributed by atoms with Crippen LogP contribution in [0.4, 0.5) is 8.78 Å². The van der Waals surface area contributed by atoms with Gasteiger partial charge in [0, 0.05) is 29.5 Å². The van der Waals surface area contributed by atoms with Gasteiger partial charge in [-0.2, -0.15) is 5.10 Å². The Hall–Kier alpha value is -1.75. The number of nitrogens with zero attached hydrogens (tertiary/aromatic N) is 2. The van der Waals surface area contributed by atoms with Gasteiger partial charge in [-0.3, -0.25) is 4.68 Å². The molecule has 0 saturated carbocycles. The van der Waals surface area contributed by atoms with Crippen molar-refractivity contribution < 1.29 is 8.78 Å². The fourth-order valence-electron chi connectivity index (χ4n) is 2.30. The molecule has 0 aliphatic rings. The van der Waals surface area contributed by atoms with Gasteiger partial charge < -0.3 is 0 Å². The van der Waals surface area contributed by atoms with Crippen molar-refractivity contribution in [1.82, 2.24) is 9.78 Å². The lowest BCUT2D eigenvalue weighted by Gasteiger charge is -2.07. The summed E-state index contributed by atoms with van der Waals surface area (Å²) in [5.41, 5.74) is 2.14. The third-order valence-corrected chi connectivity index (χ3v) is 3.81. The highest BCUT2D eigenvalue weighted by Gasteiger charge is 2.13. The van der Waals surface area contributed by atoms with E-state index in [1.54, 1.807) is 4.68 Å². The molecular formula is C15H11BrF2N2. The summed E-state index contributed by atoms with van der Waals surface area (Å²) < 4.78 is 29.5. The smallest absolute Gasteiger partial charge is 0.130 e. The van der Waals surface area contributed by atoms with Crippen LogP contribution in [0, 0.1) is 11.6 Å². The molecule has 0 aliphatic heterocycles. The predicted molar refractivity (Wildman–Crippen MR) is 78.7 cm³/mol. The number of hydrogen-bond acceptors (Lipinski definition) is 1. The molecule has 1 heterocycles. The summed E-state index contributed by atoms with van der Waals surface area (Å²) >= 11 is 3.09. The minimum atomic E-state index is -0.544. The summed E-state index contributed by atoms with van der Waals surface area (Å²) in [6.07, 6.45) is 1.85. The lowest BCUT2D eigenvalue weighted by atomic mass is 10.0. The molecule has 0 fully saturated rings. The predicted octanol–water partition coefficient (Wildman–Crippen LogP) is 4.41. The lowest BCUT2D eigenvalue weighted by molar-refractivity contribution is 0.567. The molecule has 0 radical (unpaired) electrons. The topological polar surface area (TPSA) is 17.8 Å². The van der Waals surface area contributed by atoms with Gasteiger partial charge in [0.1, 0.15) is 11.6 Å². The van der Waals surface area contributed by atoms with E-state index in [4.69, 9.17) is 0 Å². The van der Waals surface area contributed by atoms with Crippen LogP contribution >= 0.6 is 15.9 Å². The van der Waals surface area contributed by atoms with Crippen LogP contribution in [-0.4, -0.2) is 9.78 Å². The van der Waals surface area contributed by atoms with Crippen molar-refractivity contribution in [3.8, 4) is 11.1 Å². The van der Waals surface area contributed by atoms with Crippen molar-refractivity contribution in [3.63, 3.8) is 0 Å². The largest absolute Gasteiger partial charge is 0.275 e. The summed E-state index contributed by atoms with van der Waals surface area (Å²) in [4.78, 5) is 0. The van der Waals surface area contributed by atoms with Gasteiger partial charge >= 0.3 is 0 Å². The molecule has 0 saturated heterocycles. The summed E-state index contributed by atoms with van der Waals surface area (Å²) in [5, 5.41) is 5.33. The maximum atomic E-state index is 13.9. The maximum Gasteiger partial charge on any atom is 0.130 e. The van der Waals surface area contributed by atoms with Crippen molar-refractivity contribution in [3.05, 3.63) is 53.7 Å². The molecule has 3 rings (SSSR count). The quantitative estimate of drug-likeness (QED) is 0.633. The van der Waals surface area contributed by atoms with Gasteiger partial charge in [-0.15, -0.1) is 0 Å². The Morgan fingerprint density at radius 1 is 1.20 bits per heavy atom. The highest BCUT2D eigenvalue weighted by molar-refractivity contribution is 9.08. The van der Waals surface area contributed by atoms with Gasteiger partial charge in [0.15, 0.2) is 0 Å². The number of aromatic nitrogens is 2.